The standard InChI is InChI=1S/C27H32N2O5S/c1-17-11-13-29(24(15-17)26(31)32)25(30)23(12-14-35-2)28-27(33)34-16-22-20-9-5-3-7-18(20)19-8-4-6-10-21(19)22/h3-10,17,22-24H,11-16H2,1-2H3,(H,28,33)(H,31,32)/t17?,23-,24?/m1/s1. The summed E-state index contributed by atoms with van der Waals surface area (Å²) in [6.07, 6.45) is 2.83. The first-order valence-electron chi connectivity index (χ1n) is 12.0. The lowest BCUT2D eigenvalue weighted by Gasteiger charge is -2.38. The van der Waals surface area contributed by atoms with Gasteiger partial charge in [-0.2, -0.15) is 11.8 Å². The molecule has 8 heteroatoms. The van der Waals surface area contributed by atoms with Crippen LogP contribution in [0.15, 0.2) is 48.5 Å². The fraction of sp³-hybridized carbons (Fsp3) is 0.444. The van der Waals surface area contributed by atoms with Crippen LogP contribution in [-0.2, 0) is 14.3 Å². The average Bonchev–Trinajstić information content (AvgIpc) is 3.18. The molecular weight excluding hydrogens is 464 g/mol. The number of piperidine rings is 1. The van der Waals surface area contributed by atoms with E-state index < -0.39 is 24.1 Å². The zero-order chi connectivity index (χ0) is 24.9. The summed E-state index contributed by atoms with van der Waals surface area (Å²) >= 11 is 1.57. The number of carbonyl (C=O) groups is 3. The number of aliphatic carboxylic acids is 1. The molecule has 2 N–H and O–H groups in total. The van der Waals surface area contributed by atoms with E-state index in [0.717, 1.165) is 28.7 Å². The van der Waals surface area contributed by atoms with Gasteiger partial charge in [-0.05, 0) is 59.4 Å². The Bertz CT molecular complexity index is 1050. The van der Waals surface area contributed by atoms with Gasteiger partial charge in [-0.15, -0.1) is 0 Å². The van der Waals surface area contributed by atoms with Crippen molar-refractivity contribution in [2.45, 2.75) is 44.2 Å². The summed E-state index contributed by atoms with van der Waals surface area (Å²) in [4.78, 5) is 39.4. The molecule has 7 nitrogen and oxygen atoms in total. The third-order valence-corrected chi connectivity index (χ3v) is 7.62. The highest BCUT2D eigenvalue weighted by Crippen LogP contribution is 2.44. The summed E-state index contributed by atoms with van der Waals surface area (Å²) in [6, 6.07) is 14.5. The molecule has 0 spiro atoms. The molecule has 2 aromatic carbocycles. The van der Waals surface area contributed by atoms with Gasteiger partial charge in [0.1, 0.15) is 18.7 Å². The molecule has 1 saturated heterocycles. The van der Waals surface area contributed by atoms with Crippen molar-refractivity contribution < 1.29 is 24.2 Å². The van der Waals surface area contributed by atoms with Crippen LogP contribution in [0, 0.1) is 5.92 Å². The summed E-state index contributed by atoms with van der Waals surface area (Å²) in [5.41, 5.74) is 4.51. The highest BCUT2D eigenvalue weighted by atomic mass is 32.2. The van der Waals surface area contributed by atoms with E-state index in [1.165, 1.54) is 4.90 Å². The fourth-order valence-electron chi connectivity index (χ4n) is 5.12. The number of alkyl carbamates (subject to hydrolysis) is 1. The van der Waals surface area contributed by atoms with Crippen molar-refractivity contribution in [2.24, 2.45) is 5.92 Å². The van der Waals surface area contributed by atoms with Gasteiger partial charge in [0.2, 0.25) is 5.91 Å². The number of thioether (sulfide) groups is 1. The van der Waals surface area contributed by atoms with Crippen LogP contribution in [0.3, 0.4) is 0 Å². The molecule has 0 radical (unpaired) electrons. The molecule has 186 valence electrons. The van der Waals surface area contributed by atoms with Gasteiger partial charge in [0, 0.05) is 12.5 Å². The molecule has 0 aromatic heterocycles. The first-order valence-corrected chi connectivity index (χ1v) is 13.4. The number of ether oxygens (including phenoxy) is 1. The molecule has 3 atom stereocenters. The highest BCUT2D eigenvalue weighted by Gasteiger charge is 2.38. The Morgan fingerprint density at radius 3 is 2.34 bits per heavy atom. The van der Waals surface area contributed by atoms with E-state index in [0.29, 0.717) is 25.1 Å². The number of hydrogen-bond donors (Lipinski definition) is 2. The number of hydrogen-bond acceptors (Lipinski definition) is 5. The van der Waals surface area contributed by atoms with E-state index >= 15 is 0 Å². The molecule has 2 aromatic rings. The van der Waals surface area contributed by atoms with Crippen molar-refractivity contribution in [3.8, 4) is 11.1 Å². The Labute approximate surface area is 210 Å². The van der Waals surface area contributed by atoms with E-state index in [1.807, 2.05) is 37.4 Å². The second kappa shape index (κ2) is 11.2. The third kappa shape index (κ3) is 5.48. The van der Waals surface area contributed by atoms with Crippen LogP contribution in [0.5, 0.6) is 0 Å². The van der Waals surface area contributed by atoms with E-state index in [2.05, 4.69) is 29.6 Å². The first-order chi connectivity index (χ1) is 16.9. The second-order valence-corrected chi connectivity index (χ2v) is 10.3. The molecule has 1 fully saturated rings. The number of nitrogens with one attached hydrogen (secondary N) is 1. The van der Waals surface area contributed by atoms with Crippen molar-refractivity contribution in [1.29, 1.82) is 0 Å². The SMILES string of the molecule is CSCC[C@@H](NC(=O)OCC1c2ccccc2-c2ccccc21)C(=O)N1CCC(C)CC1C(=O)O. The van der Waals surface area contributed by atoms with Crippen LogP contribution >= 0.6 is 11.8 Å². The smallest absolute Gasteiger partial charge is 0.407 e. The Morgan fingerprint density at radius 2 is 1.74 bits per heavy atom. The molecule has 4 rings (SSSR count). The number of carboxylic acid groups (broad SMARTS) is 1. The van der Waals surface area contributed by atoms with E-state index in [1.54, 1.807) is 11.8 Å². The monoisotopic (exact) mass is 496 g/mol. The summed E-state index contributed by atoms with van der Waals surface area (Å²) in [7, 11) is 0. The number of nitrogens with zero attached hydrogens (tertiary/aromatic N) is 1. The van der Waals surface area contributed by atoms with Gasteiger partial charge < -0.3 is 20.1 Å². The van der Waals surface area contributed by atoms with Gasteiger partial charge in [-0.25, -0.2) is 9.59 Å². The molecule has 1 aliphatic carbocycles. The Hall–Kier alpha value is -3.00. The van der Waals surface area contributed by atoms with Gasteiger partial charge >= 0.3 is 12.1 Å². The summed E-state index contributed by atoms with van der Waals surface area (Å²) in [5.74, 6) is -0.544. The highest BCUT2D eigenvalue weighted by molar-refractivity contribution is 7.98. The number of rotatable bonds is 8. The molecule has 2 unspecified atom stereocenters. The predicted octanol–water partition coefficient (Wildman–Crippen LogP) is 4.36. The lowest BCUT2D eigenvalue weighted by atomic mass is 9.91. The molecule has 2 amide bonds. The van der Waals surface area contributed by atoms with E-state index in [9.17, 15) is 19.5 Å². The van der Waals surface area contributed by atoms with Crippen LogP contribution in [0.4, 0.5) is 4.79 Å². The molecule has 1 aliphatic heterocycles. The average molecular weight is 497 g/mol. The summed E-state index contributed by atoms with van der Waals surface area (Å²) in [5, 5.41) is 12.4. The van der Waals surface area contributed by atoms with Crippen LogP contribution in [0.25, 0.3) is 11.1 Å². The first kappa shape index (κ1) is 25.1. The second-order valence-electron chi connectivity index (χ2n) is 9.32. The largest absolute Gasteiger partial charge is 0.480 e. The quantitative estimate of drug-likeness (QED) is 0.564. The van der Waals surface area contributed by atoms with Crippen molar-refractivity contribution in [3.05, 3.63) is 59.7 Å². The number of likely N-dealkylation sites (tertiary alicyclic amines) is 1. The predicted molar refractivity (Wildman–Crippen MR) is 137 cm³/mol. The molecule has 0 bridgehead atoms. The zero-order valence-electron chi connectivity index (χ0n) is 20.1. The van der Waals surface area contributed by atoms with Gasteiger partial charge in [0.05, 0.1) is 0 Å². The summed E-state index contributed by atoms with van der Waals surface area (Å²) in [6.45, 7) is 2.53. The number of carboxylic acids is 1. The maximum atomic E-state index is 13.3. The fourth-order valence-corrected chi connectivity index (χ4v) is 5.59. The van der Waals surface area contributed by atoms with E-state index in [-0.39, 0.29) is 24.3 Å². The van der Waals surface area contributed by atoms with Crippen LogP contribution in [0.2, 0.25) is 0 Å². The van der Waals surface area contributed by atoms with Gasteiger partial charge in [-0.3, -0.25) is 4.79 Å². The molecule has 1 heterocycles. The van der Waals surface area contributed by atoms with Crippen LogP contribution in [-0.4, -0.2) is 65.2 Å². The lowest BCUT2D eigenvalue weighted by molar-refractivity contribution is -0.153. The topological polar surface area (TPSA) is 95.9 Å². The van der Waals surface area contributed by atoms with Crippen molar-refractivity contribution in [1.82, 2.24) is 10.2 Å². The Morgan fingerprint density at radius 1 is 1.11 bits per heavy atom. The number of amides is 2. The lowest BCUT2D eigenvalue weighted by Crippen LogP contribution is -2.56. The van der Waals surface area contributed by atoms with E-state index in [4.69, 9.17) is 4.74 Å². The zero-order valence-corrected chi connectivity index (χ0v) is 20.9. The Balaban J connectivity index is 1.44. The minimum Gasteiger partial charge on any atom is -0.480 e. The summed E-state index contributed by atoms with van der Waals surface area (Å²) < 4.78 is 5.64. The number of fused-ring (bicyclic) bond motifs is 3. The third-order valence-electron chi connectivity index (χ3n) is 6.98. The van der Waals surface area contributed by atoms with Crippen molar-refractivity contribution in [2.75, 3.05) is 25.2 Å². The van der Waals surface area contributed by atoms with Gasteiger partial charge in [0.25, 0.3) is 0 Å². The van der Waals surface area contributed by atoms with Crippen molar-refractivity contribution >= 4 is 29.7 Å². The molecular formula is C27H32N2O5S. The number of carbonyl (C=O) groups excluding carboxylic acids is 2. The minimum atomic E-state index is -1.00. The number of benzene rings is 2. The van der Waals surface area contributed by atoms with Gasteiger partial charge in [0.15, 0.2) is 0 Å². The van der Waals surface area contributed by atoms with Crippen LogP contribution in [0.1, 0.15) is 43.2 Å². The Kier molecular flexibility index (Phi) is 8.00. The maximum absolute atomic E-state index is 13.3. The molecule has 2 aliphatic rings. The van der Waals surface area contributed by atoms with Gasteiger partial charge in [-0.1, -0.05) is 55.5 Å². The molecule has 35 heavy (non-hydrogen) atoms. The molecule has 0 saturated carbocycles. The minimum absolute atomic E-state index is 0.0755. The normalized spacial score (nSPS) is 20.0. The van der Waals surface area contributed by atoms with Crippen molar-refractivity contribution in [3.63, 3.8) is 0 Å². The maximum Gasteiger partial charge on any atom is 0.407 e. The van der Waals surface area contributed by atoms with Crippen LogP contribution < -0.4 is 5.32 Å².